The van der Waals surface area contributed by atoms with Gasteiger partial charge in [-0.25, -0.2) is 4.79 Å². The molecular formula is C19H20O5. The van der Waals surface area contributed by atoms with Crippen molar-refractivity contribution in [3.63, 3.8) is 0 Å². The van der Waals surface area contributed by atoms with E-state index in [0.717, 1.165) is 5.56 Å². The zero-order valence-electron chi connectivity index (χ0n) is 14.2. The van der Waals surface area contributed by atoms with Gasteiger partial charge in [-0.1, -0.05) is 36.4 Å². The average Bonchev–Trinajstić information content (AvgIpc) is 2.53. The van der Waals surface area contributed by atoms with Gasteiger partial charge >= 0.3 is 5.97 Å². The van der Waals surface area contributed by atoms with E-state index in [2.05, 4.69) is 9.93 Å². The predicted molar refractivity (Wildman–Crippen MR) is 88.4 cm³/mol. The number of hydrogen-bond donors (Lipinski definition) is 0. The molecule has 0 radical (unpaired) electrons. The first-order valence-electron chi connectivity index (χ1n) is 7.55. The van der Waals surface area contributed by atoms with E-state index in [1.54, 1.807) is 45.0 Å². The molecule has 2 rings (SSSR count). The summed E-state index contributed by atoms with van der Waals surface area (Å²) in [6, 6.07) is 13.6. The third kappa shape index (κ3) is 4.75. The first-order valence-corrected chi connectivity index (χ1v) is 7.55. The topological polar surface area (TPSA) is 61.8 Å². The number of benzene rings is 2. The molecule has 24 heavy (non-hydrogen) atoms. The van der Waals surface area contributed by atoms with Crippen molar-refractivity contribution in [2.75, 3.05) is 0 Å². The van der Waals surface area contributed by atoms with Gasteiger partial charge in [0.15, 0.2) is 5.78 Å². The molecule has 0 fully saturated rings. The highest BCUT2D eigenvalue weighted by atomic mass is 17.5. The average molecular weight is 328 g/mol. The molecule has 0 N–H and O–H groups in total. The lowest BCUT2D eigenvalue weighted by atomic mass is 9.98. The van der Waals surface area contributed by atoms with Crippen LogP contribution in [0.2, 0.25) is 0 Å². The van der Waals surface area contributed by atoms with Crippen LogP contribution in [0.15, 0.2) is 48.5 Å². The van der Waals surface area contributed by atoms with Crippen molar-refractivity contribution in [1.82, 2.24) is 0 Å². The molecule has 0 aliphatic carbocycles. The molecule has 0 amide bonds. The lowest BCUT2D eigenvalue weighted by molar-refractivity contribution is -0.510. The minimum atomic E-state index is -0.737. The monoisotopic (exact) mass is 328 g/mol. The van der Waals surface area contributed by atoms with Crippen molar-refractivity contribution in [1.29, 1.82) is 0 Å². The molecule has 2 aromatic carbocycles. The SMILES string of the molecule is Cc1ccccc1C(=O)c1cccc(C(=O)OOOC(C)(C)C)c1. The summed E-state index contributed by atoms with van der Waals surface area (Å²) >= 11 is 0. The van der Waals surface area contributed by atoms with E-state index >= 15 is 0 Å². The molecule has 0 aliphatic heterocycles. The summed E-state index contributed by atoms with van der Waals surface area (Å²) in [7, 11) is 0. The van der Waals surface area contributed by atoms with Gasteiger partial charge in [0.25, 0.3) is 0 Å². The number of aryl methyl sites for hydroxylation is 1. The second-order valence-corrected chi connectivity index (χ2v) is 6.36. The molecule has 5 heteroatoms. The number of hydrogen-bond acceptors (Lipinski definition) is 5. The Hall–Kier alpha value is -2.50. The van der Waals surface area contributed by atoms with Crippen molar-refractivity contribution in [2.24, 2.45) is 0 Å². The molecule has 0 saturated carbocycles. The first-order chi connectivity index (χ1) is 11.3. The summed E-state index contributed by atoms with van der Waals surface area (Å²) in [5.74, 6) is -0.895. The zero-order chi connectivity index (χ0) is 17.7. The van der Waals surface area contributed by atoms with Gasteiger partial charge in [0, 0.05) is 11.1 Å². The predicted octanol–water partition coefficient (Wildman–Crippen LogP) is 4.04. The van der Waals surface area contributed by atoms with Crippen LogP contribution < -0.4 is 0 Å². The fourth-order valence-corrected chi connectivity index (χ4v) is 1.97. The van der Waals surface area contributed by atoms with Gasteiger partial charge in [-0.15, -0.1) is 0 Å². The molecule has 0 unspecified atom stereocenters. The molecule has 5 nitrogen and oxygen atoms in total. The maximum Gasteiger partial charge on any atom is 0.376 e. The maximum atomic E-state index is 12.6. The standard InChI is InChI=1S/C19H20O5/c1-13-8-5-6-11-16(13)17(20)14-9-7-10-15(12-14)18(21)22-24-23-19(2,3)4/h5-12H,1-4H3. The highest BCUT2D eigenvalue weighted by molar-refractivity contribution is 6.10. The molecule has 0 atom stereocenters. The highest BCUT2D eigenvalue weighted by Crippen LogP contribution is 2.16. The van der Waals surface area contributed by atoms with Crippen molar-refractivity contribution in [3.05, 3.63) is 70.8 Å². The number of rotatable bonds is 5. The van der Waals surface area contributed by atoms with Gasteiger partial charge < -0.3 is 0 Å². The highest BCUT2D eigenvalue weighted by Gasteiger charge is 2.17. The van der Waals surface area contributed by atoms with Gasteiger partial charge in [-0.3, -0.25) is 9.68 Å². The molecule has 0 spiro atoms. The van der Waals surface area contributed by atoms with E-state index in [9.17, 15) is 9.59 Å². The van der Waals surface area contributed by atoms with E-state index in [-0.39, 0.29) is 11.3 Å². The molecular weight excluding hydrogens is 308 g/mol. The largest absolute Gasteiger partial charge is 0.376 e. The van der Waals surface area contributed by atoms with Crippen LogP contribution in [0.25, 0.3) is 0 Å². The van der Waals surface area contributed by atoms with Crippen molar-refractivity contribution in [3.8, 4) is 0 Å². The molecule has 0 heterocycles. The van der Waals surface area contributed by atoms with Crippen LogP contribution in [0.1, 0.15) is 52.6 Å². The van der Waals surface area contributed by atoms with Crippen LogP contribution in [-0.2, 0) is 14.8 Å². The second kappa shape index (κ2) is 7.38. The van der Waals surface area contributed by atoms with Crippen molar-refractivity contribution < 1.29 is 24.4 Å². The Labute approximate surface area is 141 Å². The third-order valence-corrected chi connectivity index (χ3v) is 3.14. The summed E-state index contributed by atoms with van der Waals surface area (Å²) in [5, 5.41) is 4.48. The normalized spacial score (nSPS) is 11.2. The van der Waals surface area contributed by atoms with E-state index in [0.29, 0.717) is 11.1 Å². The first kappa shape index (κ1) is 17.8. The summed E-state index contributed by atoms with van der Waals surface area (Å²) in [6.45, 7) is 7.12. The Kier molecular flexibility index (Phi) is 5.49. The van der Waals surface area contributed by atoms with Gasteiger partial charge in [-0.2, -0.15) is 4.89 Å². The lowest BCUT2D eigenvalue weighted by Gasteiger charge is -2.15. The van der Waals surface area contributed by atoms with Crippen LogP contribution >= 0.6 is 0 Å². The van der Waals surface area contributed by atoms with E-state index < -0.39 is 11.6 Å². The molecule has 126 valence electrons. The van der Waals surface area contributed by atoms with Gasteiger partial charge in [0.1, 0.15) is 0 Å². The summed E-state index contributed by atoms with van der Waals surface area (Å²) in [5.41, 5.74) is 1.46. The maximum absolute atomic E-state index is 12.6. The fraction of sp³-hybridized carbons (Fsp3) is 0.263. The molecule has 0 aromatic heterocycles. The van der Waals surface area contributed by atoms with Gasteiger partial charge in [-0.05, 0) is 50.4 Å². The van der Waals surface area contributed by atoms with E-state index in [1.165, 1.54) is 12.1 Å². The van der Waals surface area contributed by atoms with Crippen LogP contribution in [0.4, 0.5) is 0 Å². The number of carbonyl (C=O) groups is 2. The summed E-state index contributed by atoms with van der Waals surface area (Å²) in [6.07, 6.45) is 0. The van der Waals surface area contributed by atoms with Crippen LogP contribution in [-0.4, -0.2) is 17.4 Å². The Morgan fingerprint density at radius 3 is 2.25 bits per heavy atom. The minimum Gasteiger partial charge on any atom is -0.289 e. The van der Waals surface area contributed by atoms with Crippen LogP contribution in [0.5, 0.6) is 0 Å². The van der Waals surface area contributed by atoms with Crippen LogP contribution in [0.3, 0.4) is 0 Å². The van der Waals surface area contributed by atoms with Crippen LogP contribution in [0, 0.1) is 6.92 Å². The summed E-state index contributed by atoms with van der Waals surface area (Å²) in [4.78, 5) is 34.0. The summed E-state index contributed by atoms with van der Waals surface area (Å²) < 4.78 is 0. The van der Waals surface area contributed by atoms with Gasteiger partial charge in [0.05, 0.1) is 11.2 Å². The molecule has 0 aliphatic rings. The Morgan fingerprint density at radius 1 is 0.917 bits per heavy atom. The smallest absolute Gasteiger partial charge is 0.289 e. The lowest BCUT2D eigenvalue weighted by Crippen LogP contribution is -2.21. The van der Waals surface area contributed by atoms with Crippen molar-refractivity contribution >= 4 is 11.8 Å². The molecule has 2 aromatic rings. The Bertz CT molecular complexity index is 743. The van der Waals surface area contributed by atoms with E-state index in [4.69, 9.17) is 4.89 Å². The fourth-order valence-electron chi connectivity index (χ4n) is 1.97. The number of carbonyl (C=O) groups excluding carboxylic acids is 2. The quantitative estimate of drug-likeness (QED) is 0.471. The zero-order valence-corrected chi connectivity index (χ0v) is 14.2. The Balaban J connectivity index is 2.13. The minimum absolute atomic E-state index is 0.158. The second-order valence-electron chi connectivity index (χ2n) is 6.36. The number of ketones is 1. The van der Waals surface area contributed by atoms with Gasteiger partial charge in [0.2, 0.25) is 0 Å². The third-order valence-electron chi connectivity index (χ3n) is 3.14. The molecule has 0 bridgehead atoms. The van der Waals surface area contributed by atoms with Crippen molar-refractivity contribution in [2.45, 2.75) is 33.3 Å². The van der Waals surface area contributed by atoms with E-state index in [1.807, 2.05) is 19.1 Å². The Morgan fingerprint density at radius 2 is 1.58 bits per heavy atom. The molecule has 0 saturated heterocycles.